The molecule has 1 N–H and O–H groups in total. The Morgan fingerprint density at radius 1 is 1.37 bits per heavy atom. The molecule has 12 heteroatoms. The van der Waals surface area contributed by atoms with Gasteiger partial charge in [0.1, 0.15) is 0 Å². The third-order valence-electron chi connectivity index (χ3n) is 4.07. The minimum atomic E-state index is -3.06. The standard InChI is InChI=1S/C15H26N6O4S2/c1-5-20(8-12(22)16-11-6-7-27(24,25)10-11)13(23)9-26-14-17-18-19-21(14)15(2,3)4/h11H,5-10H2,1-4H3,(H,16,22). The van der Waals surface area contributed by atoms with Crippen LogP contribution in [-0.2, 0) is 25.0 Å². The number of carbonyl (C=O) groups excluding carboxylic acids is 2. The summed E-state index contributed by atoms with van der Waals surface area (Å²) in [5, 5.41) is 14.8. The van der Waals surface area contributed by atoms with Crippen molar-refractivity contribution in [1.82, 2.24) is 30.4 Å². The summed E-state index contributed by atoms with van der Waals surface area (Å²) in [4.78, 5) is 26.0. The monoisotopic (exact) mass is 418 g/mol. The number of tetrazole rings is 1. The number of likely N-dealkylation sites (N-methyl/N-ethyl adjacent to an activating group) is 1. The van der Waals surface area contributed by atoms with Gasteiger partial charge in [-0.3, -0.25) is 9.59 Å². The highest BCUT2D eigenvalue weighted by Gasteiger charge is 2.29. The highest BCUT2D eigenvalue weighted by atomic mass is 32.2. The van der Waals surface area contributed by atoms with Crippen molar-refractivity contribution < 1.29 is 18.0 Å². The molecule has 2 amide bonds. The van der Waals surface area contributed by atoms with Gasteiger partial charge in [0.25, 0.3) is 0 Å². The van der Waals surface area contributed by atoms with Crippen molar-refractivity contribution in [3.63, 3.8) is 0 Å². The number of rotatable bonds is 7. The second kappa shape index (κ2) is 8.55. The first-order valence-electron chi connectivity index (χ1n) is 8.71. The lowest BCUT2D eigenvalue weighted by molar-refractivity contribution is -0.134. The highest BCUT2D eigenvalue weighted by molar-refractivity contribution is 7.99. The van der Waals surface area contributed by atoms with Gasteiger partial charge < -0.3 is 10.2 Å². The van der Waals surface area contributed by atoms with Crippen LogP contribution in [0.15, 0.2) is 5.16 Å². The number of amides is 2. The van der Waals surface area contributed by atoms with Gasteiger partial charge in [-0.05, 0) is 44.5 Å². The maximum absolute atomic E-state index is 12.5. The Bertz CT molecular complexity index is 786. The number of aromatic nitrogens is 4. The number of thioether (sulfide) groups is 1. The summed E-state index contributed by atoms with van der Waals surface area (Å²) in [5.74, 6) is -0.399. The van der Waals surface area contributed by atoms with Crippen LogP contribution in [0.3, 0.4) is 0 Å². The molecule has 0 bridgehead atoms. The number of carbonyl (C=O) groups is 2. The van der Waals surface area contributed by atoms with E-state index in [0.29, 0.717) is 18.1 Å². The topological polar surface area (TPSA) is 127 Å². The average molecular weight is 419 g/mol. The van der Waals surface area contributed by atoms with E-state index >= 15 is 0 Å². The number of hydrogen-bond acceptors (Lipinski definition) is 8. The lowest BCUT2D eigenvalue weighted by Gasteiger charge is -2.22. The molecule has 152 valence electrons. The van der Waals surface area contributed by atoms with E-state index in [2.05, 4.69) is 20.8 Å². The van der Waals surface area contributed by atoms with E-state index in [1.54, 1.807) is 11.6 Å². The van der Waals surface area contributed by atoms with Gasteiger partial charge in [0.2, 0.25) is 17.0 Å². The number of hydrogen-bond donors (Lipinski definition) is 1. The smallest absolute Gasteiger partial charge is 0.239 e. The summed E-state index contributed by atoms with van der Waals surface area (Å²) in [6.07, 6.45) is 0.416. The van der Waals surface area contributed by atoms with Crippen molar-refractivity contribution in [1.29, 1.82) is 0 Å². The molecule has 10 nitrogen and oxygen atoms in total. The Morgan fingerprint density at radius 3 is 2.63 bits per heavy atom. The van der Waals surface area contributed by atoms with Gasteiger partial charge in [-0.1, -0.05) is 11.8 Å². The average Bonchev–Trinajstić information content (AvgIpc) is 3.16. The molecule has 1 aromatic heterocycles. The maximum atomic E-state index is 12.5. The van der Waals surface area contributed by atoms with Crippen molar-refractivity contribution in [3.8, 4) is 0 Å². The Morgan fingerprint density at radius 2 is 2.07 bits per heavy atom. The summed E-state index contributed by atoms with van der Waals surface area (Å²) in [6.45, 7) is 7.94. The first kappa shape index (κ1) is 21.6. The third-order valence-corrected chi connectivity index (χ3v) is 6.74. The van der Waals surface area contributed by atoms with Crippen LogP contribution in [-0.4, -0.2) is 81.7 Å². The maximum Gasteiger partial charge on any atom is 0.239 e. The van der Waals surface area contributed by atoms with E-state index < -0.39 is 9.84 Å². The van der Waals surface area contributed by atoms with Crippen LogP contribution < -0.4 is 5.32 Å². The van der Waals surface area contributed by atoms with Crippen molar-refractivity contribution >= 4 is 33.4 Å². The normalized spacial score (nSPS) is 19.0. The van der Waals surface area contributed by atoms with Crippen LogP contribution in [0.25, 0.3) is 0 Å². The quantitative estimate of drug-likeness (QED) is 0.597. The number of nitrogens with zero attached hydrogens (tertiary/aromatic N) is 5. The zero-order valence-corrected chi connectivity index (χ0v) is 17.6. The van der Waals surface area contributed by atoms with Crippen LogP contribution in [0.4, 0.5) is 0 Å². The molecule has 27 heavy (non-hydrogen) atoms. The van der Waals surface area contributed by atoms with Crippen LogP contribution in [0.2, 0.25) is 0 Å². The Balaban J connectivity index is 1.87. The van der Waals surface area contributed by atoms with Gasteiger partial charge >= 0.3 is 0 Å². The predicted octanol–water partition coefficient (Wildman–Crippen LogP) is -0.328. The SMILES string of the molecule is CCN(CC(=O)NC1CCS(=O)(=O)C1)C(=O)CSc1nnnn1C(C)(C)C. The third kappa shape index (κ3) is 6.16. The molecule has 1 unspecified atom stereocenters. The second-order valence-corrected chi connectivity index (χ2v) is 10.6. The van der Waals surface area contributed by atoms with E-state index in [0.717, 1.165) is 0 Å². The van der Waals surface area contributed by atoms with Crippen molar-refractivity contribution in [3.05, 3.63) is 0 Å². The first-order valence-corrected chi connectivity index (χ1v) is 11.5. The van der Waals surface area contributed by atoms with E-state index in [9.17, 15) is 18.0 Å². The van der Waals surface area contributed by atoms with E-state index in [1.807, 2.05) is 20.8 Å². The van der Waals surface area contributed by atoms with Crippen molar-refractivity contribution in [2.45, 2.75) is 50.9 Å². The molecule has 1 aliphatic heterocycles. The minimum Gasteiger partial charge on any atom is -0.351 e. The van der Waals surface area contributed by atoms with Gasteiger partial charge in [0.15, 0.2) is 9.84 Å². The van der Waals surface area contributed by atoms with Gasteiger partial charge in [0.05, 0.1) is 29.3 Å². The number of nitrogens with one attached hydrogen (secondary N) is 1. The van der Waals surface area contributed by atoms with Gasteiger partial charge in [-0.2, -0.15) is 0 Å². The molecular formula is C15H26N6O4S2. The predicted molar refractivity (Wildman–Crippen MR) is 101 cm³/mol. The number of sulfone groups is 1. The summed E-state index contributed by atoms with van der Waals surface area (Å²) in [5.41, 5.74) is -0.305. The highest BCUT2D eigenvalue weighted by Crippen LogP contribution is 2.21. The summed E-state index contributed by atoms with van der Waals surface area (Å²) in [6, 6.07) is -0.373. The Labute approximate surface area is 163 Å². The molecule has 1 aromatic rings. The lowest BCUT2D eigenvalue weighted by Crippen LogP contribution is -2.45. The molecule has 0 spiro atoms. The van der Waals surface area contributed by atoms with Gasteiger partial charge in [-0.15, -0.1) is 5.10 Å². The molecular weight excluding hydrogens is 392 g/mol. The van der Waals surface area contributed by atoms with Gasteiger partial charge in [0, 0.05) is 12.6 Å². The van der Waals surface area contributed by atoms with Crippen LogP contribution in [0.5, 0.6) is 0 Å². The molecule has 2 rings (SSSR count). The molecule has 2 heterocycles. The second-order valence-electron chi connectivity index (χ2n) is 7.41. The largest absolute Gasteiger partial charge is 0.351 e. The molecule has 1 saturated heterocycles. The van der Waals surface area contributed by atoms with Crippen LogP contribution in [0, 0.1) is 0 Å². The van der Waals surface area contributed by atoms with E-state index in [1.165, 1.54) is 16.7 Å². The summed E-state index contributed by atoms with van der Waals surface area (Å²) < 4.78 is 24.6. The Kier molecular flexibility index (Phi) is 6.84. The molecule has 1 atom stereocenters. The minimum absolute atomic E-state index is 0.0376. The summed E-state index contributed by atoms with van der Waals surface area (Å²) >= 11 is 1.22. The van der Waals surface area contributed by atoms with Gasteiger partial charge in [-0.25, -0.2) is 13.1 Å². The molecule has 1 aliphatic rings. The van der Waals surface area contributed by atoms with Crippen LogP contribution >= 0.6 is 11.8 Å². The fourth-order valence-corrected chi connectivity index (χ4v) is 5.27. The van der Waals surface area contributed by atoms with Crippen molar-refractivity contribution in [2.24, 2.45) is 0 Å². The zero-order valence-electron chi connectivity index (χ0n) is 16.0. The zero-order chi connectivity index (χ0) is 20.2. The molecule has 1 fully saturated rings. The molecule has 0 saturated carbocycles. The lowest BCUT2D eigenvalue weighted by atomic mass is 10.1. The summed E-state index contributed by atoms with van der Waals surface area (Å²) in [7, 11) is -3.06. The fourth-order valence-electron chi connectivity index (χ4n) is 2.64. The van der Waals surface area contributed by atoms with E-state index in [4.69, 9.17) is 0 Å². The molecule has 0 radical (unpaired) electrons. The molecule has 0 aliphatic carbocycles. The van der Waals surface area contributed by atoms with E-state index in [-0.39, 0.29) is 47.2 Å². The molecule has 0 aromatic carbocycles. The van der Waals surface area contributed by atoms with Crippen molar-refractivity contribution in [2.75, 3.05) is 30.3 Å². The Hall–Kier alpha value is -1.69. The van der Waals surface area contributed by atoms with Crippen LogP contribution in [0.1, 0.15) is 34.1 Å². The first-order chi connectivity index (χ1) is 12.5. The fraction of sp³-hybridized carbons (Fsp3) is 0.800.